The van der Waals surface area contributed by atoms with E-state index in [2.05, 4.69) is 5.32 Å². The van der Waals surface area contributed by atoms with Gasteiger partial charge in [-0.25, -0.2) is 10.3 Å². The fraction of sp³-hybridized carbons (Fsp3) is 0.529. The largest absolute Gasteiger partial charge is 0.497 e. The number of piperidine rings is 1. The molecule has 1 aromatic rings. The number of urea groups is 1. The minimum absolute atomic E-state index is 0.0849. The lowest BCUT2D eigenvalue weighted by Gasteiger charge is -2.32. The second-order valence-corrected chi connectivity index (χ2v) is 6.02. The molecule has 1 aliphatic rings. The highest BCUT2D eigenvalue weighted by Crippen LogP contribution is 2.23. The van der Waals surface area contributed by atoms with Crippen molar-refractivity contribution >= 4 is 17.6 Å². The summed E-state index contributed by atoms with van der Waals surface area (Å²) in [5.74, 6) is 0.941. The molecule has 0 radical (unpaired) electrons. The van der Waals surface area contributed by atoms with E-state index in [1.54, 1.807) is 12.6 Å². The van der Waals surface area contributed by atoms with E-state index in [4.69, 9.17) is 9.94 Å². The standard InChI is InChI=1S/C17H25N3O4/c1-24-15-7-5-14(6-8-15)18-17(22)20-11-9-13(10-12-20)3-2-4-16(21)19-23/h5-8,13,23H,2-4,9-12H2,1H3,(H,18,22)(H,19,21). The third-order valence-electron chi connectivity index (χ3n) is 4.38. The molecule has 1 aliphatic heterocycles. The van der Waals surface area contributed by atoms with Crippen molar-refractivity contribution in [1.82, 2.24) is 10.4 Å². The summed E-state index contributed by atoms with van der Waals surface area (Å²) >= 11 is 0. The number of hydroxylamine groups is 1. The summed E-state index contributed by atoms with van der Waals surface area (Å²) in [6, 6.07) is 7.17. The summed E-state index contributed by atoms with van der Waals surface area (Å²) < 4.78 is 5.09. The van der Waals surface area contributed by atoms with Gasteiger partial charge in [0.1, 0.15) is 5.75 Å². The van der Waals surface area contributed by atoms with Crippen molar-refractivity contribution in [1.29, 1.82) is 0 Å². The molecule has 3 amide bonds. The normalized spacial score (nSPS) is 15.0. The van der Waals surface area contributed by atoms with Crippen molar-refractivity contribution < 1.29 is 19.5 Å². The van der Waals surface area contributed by atoms with E-state index in [0.717, 1.165) is 50.2 Å². The number of ether oxygens (including phenoxy) is 1. The van der Waals surface area contributed by atoms with Crippen LogP contribution in [0.25, 0.3) is 0 Å². The maximum atomic E-state index is 12.3. The van der Waals surface area contributed by atoms with Crippen LogP contribution in [0.15, 0.2) is 24.3 Å². The lowest BCUT2D eigenvalue weighted by atomic mass is 9.91. The van der Waals surface area contributed by atoms with Gasteiger partial charge in [-0.3, -0.25) is 10.0 Å². The number of benzene rings is 1. The van der Waals surface area contributed by atoms with E-state index < -0.39 is 0 Å². The predicted octanol–water partition coefficient (Wildman–Crippen LogP) is 2.61. The highest BCUT2D eigenvalue weighted by molar-refractivity contribution is 5.89. The molecule has 2 rings (SSSR count). The number of methoxy groups -OCH3 is 1. The van der Waals surface area contributed by atoms with E-state index in [9.17, 15) is 9.59 Å². The molecule has 0 atom stereocenters. The lowest BCUT2D eigenvalue weighted by Crippen LogP contribution is -2.41. The second-order valence-electron chi connectivity index (χ2n) is 6.02. The number of hydrogen-bond acceptors (Lipinski definition) is 4. The Morgan fingerprint density at radius 3 is 2.50 bits per heavy atom. The summed E-state index contributed by atoms with van der Waals surface area (Å²) in [4.78, 5) is 25.1. The maximum Gasteiger partial charge on any atom is 0.321 e. The fourth-order valence-electron chi connectivity index (χ4n) is 2.91. The SMILES string of the molecule is COc1ccc(NC(=O)N2CCC(CCCC(=O)NO)CC2)cc1. The molecule has 1 aromatic carbocycles. The van der Waals surface area contributed by atoms with Gasteiger partial charge in [-0.15, -0.1) is 0 Å². The summed E-state index contributed by atoms with van der Waals surface area (Å²) in [5, 5.41) is 11.4. The molecule has 132 valence electrons. The molecule has 3 N–H and O–H groups in total. The van der Waals surface area contributed by atoms with Crippen molar-refractivity contribution in [3.63, 3.8) is 0 Å². The molecular formula is C17H25N3O4. The third-order valence-corrected chi connectivity index (χ3v) is 4.38. The number of carbonyl (C=O) groups is 2. The Morgan fingerprint density at radius 2 is 1.92 bits per heavy atom. The summed E-state index contributed by atoms with van der Waals surface area (Å²) in [7, 11) is 1.61. The smallest absolute Gasteiger partial charge is 0.321 e. The van der Waals surface area contributed by atoms with Gasteiger partial charge < -0.3 is 15.0 Å². The number of amides is 3. The summed E-state index contributed by atoms with van der Waals surface area (Å²) in [6.07, 6.45) is 3.93. The van der Waals surface area contributed by atoms with Crippen LogP contribution in [0, 0.1) is 5.92 Å². The van der Waals surface area contributed by atoms with Crippen molar-refractivity contribution in [3.8, 4) is 5.75 Å². The molecule has 0 saturated carbocycles. The molecule has 1 fully saturated rings. The van der Waals surface area contributed by atoms with Crippen LogP contribution in [-0.2, 0) is 4.79 Å². The van der Waals surface area contributed by atoms with Crippen molar-refractivity contribution in [3.05, 3.63) is 24.3 Å². The van der Waals surface area contributed by atoms with Crippen molar-refractivity contribution in [2.75, 3.05) is 25.5 Å². The minimum atomic E-state index is -0.341. The molecule has 0 unspecified atom stereocenters. The minimum Gasteiger partial charge on any atom is -0.497 e. The van der Waals surface area contributed by atoms with Gasteiger partial charge in [0.2, 0.25) is 5.91 Å². The first-order valence-corrected chi connectivity index (χ1v) is 8.25. The predicted molar refractivity (Wildman–Crippen MR) is 90.1 cm³/mol. The molecule has 0 aliphatic carbocycles. The lowest BCUT2D eigenvalue weighted by molar-refractivity contribution is -0.129. The monoisotopic (exact) mass is 335 g/mol. The summed E-state index contributed by atoms with van der Waals surface area (Å²) in [6.45, 7) is 1.44. The van der Waals surface area contributed by atoms with E-state index in [-0.39, 0.29) is 11.9 Å². The molecule has 24 heavy (non-hydrogen) atoms. The molecule has 0 bridgehead atoms. The first kappa shape index (κ1) is 18.1. The van der Waals surface area contributed by atoms with E-state index >= 15 is 0 Å². The zero-order chi connectivity index (χ0) is 17.4. The number of nitrogens with zero attached hydrogens (tertiary/aromatic N) is 1. The van der Waals surface area contributed by atoms with E-state index in [1.165, 1.54) is 0 Å². The zero-order valence-corrected chi connectivity index (χ0v) is 14.0. The van der Waals surface area contributed by atoms with Gasteiger partial charge >= 0.3 is 6.03 Å². The van der Waals surface area contributed by atoms with Gasteiger partial charge in [0.25, 0.3) is 0 Å². The molecule has 1 heterocycles. The highest BCUT2D eigenvalue weighted by atomic mass is 16.5. The number of likely N-dealkylation sites (tertiary alicyclic amines) is 1. The van der Waals surface area contributed by atoms with Crippen LogP contribution in [0.1, 0.15) is 32.1 Å². The third kappa shape index (κ3) is 5.42. The van der Waals surface area contributed by atoms with Crippen LogP contribution < -0.4 is 15.5 Å². The van der Waals surface area contributed by atoms with Crippen LogP contribution in [-0.4, -0.2) is 42.2 Å². The molecule has 1 saturated heterocycles. The van der Waals surface area contributed by atoms with E-state index in [0.29, 0.717) is 12.3 Å². The number of anilines is 1. The topological polar surface area (TPSA) is 90.9 Å². The number of hydrogen-bond donors (Lipinski definition) is 3. The fourth-order valence-corrected chi connectivity index (χ4v) is 2.91. The Bertz CT molecular complexity index is 539. The number of carbonyl (C=O) groups excluding carboxylic acids is 2. The maximum absolute atomic E-state index is 12.3. The van der Waals surface area contributed by atoms with Gasteiger partial charge in [0.05, 0.1) is 7.11 Å². The molecule has 0 spiro atoms. The zero-order valence-electron chi connectivity index (χ0n) is 14.0. The van der Waals surface area contributed by atoms with Crippen LogP contribution in [0.5, 0.6) is 5.75 Å². The average molecular weight is 335 g/mol. The molecule has 0 aromatic heterocycles. The van der Waals surface area contributed by atoms with Crippen LogP contribution in [0.4, 0.5) is 10.5 Å². The molecular weight excluding hydrogens is 310 g/mol. The van der Waals surface area contributed by atoms with Gasteiger partial charge in [0.15, 0.2) is 0 Å². The Balaban J connectivity index is 1.71. The van der Waals surface area contributed by atoms with E-state index in [1.807, 2.05) is 29.2 Å². The van der Waals surface area contributed by atoms with Crippen LogP contribution in [0.2, 0.25) is 0 Å². The van der Waals surface area contributed by atoms with Crippen LogP contribution >= 0.6 is 0 Å². The van der Waals surface area contributed by atoms with Crippen LogP contribution in [0.3, 0.4) is 0 Å². The Labute approximate surface area is 141 Å². The van der Waals surface area contributed by atoms with Gasteiger partial charge in [-0.2, -0.15) is 0 Å². The number of nitrogens with one attached hydrogen (secondary N) is 2. The van der Waals surface area contributed by atoms with Gasteiger partial charge in [0, 0.05) is 25.2 Å². The molecule has 7 nitrogen and oxygen atoms in total. The Hall–Kier alpha value is -2.28. The first-order chi connectivity index (χ1) is 11.6. The Kier molecular flexibility index (Phi) is 6.87. The average Bonchev–Trinajstić information content (AvgIpc) is 2.62. The van der Waals surface area contributed by atoms with Crippen molar-refractivity contribution in [2.24, 2.45) is 5.92 Å². The van der Waals surface area contributed by atoms with Gasteiger partial charge in [-0.1, -0.05) is 0 Å². The molecule has 7 heteroatoms. The van der Waals surface area contributed by atoms with Crippen molar-refractivity contribution in [2.45, 2.75) is 32.1 Å². The quantitative estimate of drug-likeness (QED) is 0.550. The summed E-state index contributed by atoms with van der Waals surface area (Å²) in [5.41, 5.74) is 2.40. The van der Waals surface area contributed by atoms with Gasteiger partial charge in [-0.05, 0) is 55.9 Å². The second kappa shape index (κ2) is 9.12. The highest BCUT2D eigenvalue weighted by Gasteiger charge is 2.22. The number of rotatable bonds is 6. The first-order valence-electron chi connectivity index (χ1n) is 8.25. The Morgan fingerprint density at radius 1 is 1.25 bits per heavy atom.